The van der Waals surface area contributed by atoms with E-state index in [9.17, 15) is 14.3 Å². The molecule has 1 aromatic heterocycles. The summed E-state index contributed by atoms with van der Waals surface area (Å²) in [6.45, 7) is 0. The van der Waals surface area contributed by atoms with Crippen LogP contribution < -0.4 is 0 Å². The molecule has 0 amide bonds. The van der Waals surface area contributed by atoms with Gasteiger partial charge in [0.15, 0.2) is 6.04 Å². The minimum atomic E-state index is -1.08. The maximum atomic E-state index is 13.3. The first-order valence-electron chi connectivity index (χ1n) is 6.17. The van der Waals surface area contributed by atoms with Crippen molar-refractivity contribution in [3.05, 3.63) is 63.6 Å². The van der Waals surface area contributed by atoms with E-state index in [-0.39, 0.29) is 0 Å². The van der Waals surface area contributed by atoms with Crippen molar-refractivity contribution >= 4 is 39.5 Å². The first-order chi connectivity index (χ1) is 10.0. The van der Waals surface area contributed by atoms with Gasteiger partial charge in [-0.25, -0.2) is 9.18 Å². The Hall–Kier alpha value is -1.96. The van der Waals surface area contributed by atoms with E-state index in [1.165, 1.54) is 22.9 Å². The summed E-state index contributed by atoms with van der Waals surface area (Å²) in [7, 11) is 0. The summed E-state index contributed by atoms with van der Waals surface area (Å²) in [5.41, 5.74) is 1.06. The zero-order valence-corrected chi connectivity index (χ0v) is 12.9. The van der Waals surface area contributed by atoms with Gasteiger partial charge in [0, 0.05) is 15.2 Å². The number of benzene rings is 2. The molecule has 4 nitrogen and oxygen atoms in total. The Labute approximate surface area is 133 Å². The second kappa shape index (κ2) is 5.44. The van der Waals surface area contributed by atoms with Gasteiger partial charge in [0.2, 0.25) is 0 Å². The fourth-order valence-corrected chi connectivity index (χ4v) is 2.70. The highest BCUT2D eigenvalue weighted by Gasteiger charge is 2.23. The quantitative estimate of drug-likeness (QED) is 0.691. The second-order valence-corrected chi connectivity index (χ2v) is 5.85. The van der Waals surface area contributed by atoms with Crippen molar-refractivity contribution in [3.63, 3.8) is 0 Å². The number of hydrogen-bond acceptors (Lipinski definition) is 2. The molecule has 1 unspecified atom stereocenters. The number of aromatic nitrogens is 2. The lowest BCUT2D eigenvalue weighted by Gasteiger charge is -2.13. The third kappa shape index (κ3) is 2.76. The zero-order chi connectivity index (χ0) is 15.0. The van der Waals surface area contributed by atoms with Crippen LogP contribution >= 0.6 is 22.6 Å². The lowest BCUT2D eigenvalue weighted by molar-refractivity contribution is -0.139. The van der Waals surface area contributed by atoms with Gasteiger partial charge < -0.3 is 5.11 Å². The molecule has 21 heavy (non-hydrogen) atoms. The number of halogens is 2. The second-order valence-electron chi connectivity index (χ2n) is 4.61. The molecule has 6 heteroatoms. The number of rotatable bonds is 3. The minimum absolute atomic E-state index is 0.352. The standard InChI is InChI=1S/C15H10FIN2O2/c16-11-3-1-2-9(6-11)14(15(20)21)19-8-10-4-5-12(17)7-13(10)18-19/h1-8,14H,(H,20,21). The predicted molar refractivity (Wildman–Crippen MR) is 84.6 cm³/mol. The van der Waals surface area contributed by atoms with Gasteiger partial charge in [-0.3, -0.25) is 4.68 Å². The number of carbonyl (C=O) groups is 1. The van der Waals surface area contributed by atoms with E-state index in [0.29, 0.717) is 11.1 Å². The van der Waals surface area contributed by atoms with Gasteiger partial charge in [0.25, 0.3) is 0 Å². The van der Waals surface area contributed by atoms with Crippen LogP contribution in [0, 0.1) is 9.39 Å². The highest BCUT2D eigenvalue weighted by molar-refractivity contribution is 14.1. The normalized spacial score (nSPS) is 12.5. The number of carboxylic acids is 1. The molecular formula is C15H10FIN2O2. The monoisotopic (exact) mass is 396 g/mol. The molecule has 0 saturated carbocycles. The molecular weight excluding hydrogens is 386 g/mol. The van der Waals surface area contributed by atoms with E-state index in [1.54, 1.807) is 12.3 Å². The van der Waals surface area contributed by atoms with Crippen LogP contribution in [-0.2, 0) is 4.79 Å². The summed E-state index contributed by atoms with van der Waals surface area (Å²) in [6.07, 6.45) is 1.66. The van der Waals surface area contributed by atoms with Crippen molar-refractivity contribution in [3.8, 4) is 0 Å². The van der Waals surface area contributed by atoms with E-state index in [1.807, 2.05) is 18.2 Å². The number of carboxylic acid groups (broad SMARTS) is 1. The predicted octanol–water partition coefficient (Wildman–Crippen LogP) is 3.45. The molecule has 1 atom stereocenters. The lowest BCUT2D eigenvalue weighted by atomic mass is 10.1. The molecule has 0 saturated heterocycles. The molecule has 2 aromatic carbocycles. The van der Waals surface area contributed by atoms with Crippen LogP contribution in [0.3, 0.4) is 0 Å². The fraction of sp³-hybridized carbons (Fsp3) is 0.0667. The number of aliphatic carboxylic acids is 1. The minimum Gasteiger partial charge on any atom is -0.479 e. The Balaban J connectivity index is 2.13. The fourth-order valence-electron chi connectivity index (χ4n) is 2.23. The van der Waals surface area contributed by atoms with Gasteiger partial charge in [-0.15, -0.1) is 0 Å². The van der Waals surface area contributed by atoms with Gasteiger partial charge >= 0.3 is 5.97 Å². The van der Waals surface area contributed by atoms with Gasteiger partial charge in [-0.05, 0) is 52.4 Å². The third-order valence-electron chi connectivity index (χ3n) is 3.15. The van der Waals surface area contributed by atoms with E-state index in [0.717, 1.165) is 8.96 Å². The molecule has 0 fully saturated rings. The molecule has 1 N–H and O–H groups in total. The van der Waals surface area contributed by atoms with Crippen molar-refractivity contribution in [1.29, 1.82) is 0 Å². The highest BCUT2D eigenvalue weighted by Crippen LogP contribution is 2.23. The molecule has 0 radical (unpaired) electrons. The molecule has 3 rings (SSSR count). The number of fused-ring (bicyclic) bond motifs is 1. The van der Waals surface area contributed by atoms with Crippen LogP contribution in [0.4, 0.5) is 4.39 Å². The molecule has 0 aliphatic carbocycles. The van der Waals surface area contributed by atoms with E-state index in [4.69, 9.17) is 0 Å². The maximum absolute atomic E-state index is 13.3. The summed E-state index contributed by atoms with van der Waals surface area (Å²) in [6, 6.07) is 10.2. The maximum Gasteiger partial charge on any atom is 0.333 e. The Morgan fingerprint density at radius 1 is 1.29 bits per heavy atom. The lowest BCUT2D eigenvalue weighted by Crippen LogP contribution is -2.20. The highest BCUT2D eigenvalue weighted by atomic mass is 127. The molecule has 3 aromatic rings. The SMILES string of the molecule is O=C(O)C(c1cccc(F)c1)n1cc2ccc(I)cc2n1. The third-order valence-corrected chi connectivity index (χ3v) is 3.82. The molecule has 0 aliphatic heterocycles. The van der Waals surface area contributed by atoms with Crippen LogP contribution in [0.2, 0.25) is 0 Å². The summed E-state index contributed by atoms with van der Waals surface area (Å²) in [5, 5.41) is 14.6. The van der Waals surface area contributed by atoms with Crippen molar-refractivity contribution < 1.29 is 14.3 Å². The summed E-state index contributed by atoms with van der Waals surface area (Å²) in [5.74, 6) is -1.55. The molecule has 106 valence electrons. The summed E-state index contributed by atoms with van der Waals surface area (Å²) in [4.78, 5) is 11.6. The number of nitrogens with zero attached hydrogens (tertiary/aromatic N) is 2. The average Bonchev–Trinajstić information content (AvgIpc) is 2.80. The van der Waals surface area contributed by atoms with Gasteiger partial charge in [-0.2, -0.15) is 5.10 Å². The largest absolute Gasteiger partial charge is 0.479 e. The summed E-state index contributed by atoms with van der Waals surface area (Å²) < 4.78 is 15.7. The van der Waals surface area contributed by atoms with Crippen LogP contribution in [0.15, 0.2) is 48.7 Å². The van der Waals surface area contributed by atoms with Crippen LogP contribution in [0.5, 0.6) is 0 Å². The molecule has 0 aliphatic rings. The molecule has 1 heterocycles. The van der Waals surface area contributed by atoms with E-state index in [2.05, 4.69) is 27.7 Å². The van der Waals surface area contributed by atoms with Gasteiger partial charge in [0.05, 0.1) is 5.52 Å². The average molecular weight is 396 g/mol. The van der Waals surface area contributed by atoms with Crippen molar-refractivity contribution in [1.82, 2.24) is 9.78 Å². The number of hydrogen-bond donors (Lipinski definition) is 1. The van der Waals surface area contributed by atoms with E-state index < -0.39 is 17.8 Å². The Bertz CT molecular complexity index is 831. The Morgan fingerprint density at radius 3 is 2.81 bits per heavy atom. The Kier molecular flexibility index (Phi) is 3.62. The Morgan fingerprint density at radius 2 is 2.10 bits per heavy atom. The smallest absolute Gasteiger partial charge is 0.333 e. The van der Waals surface area contributed by atoms with Crippen LogP contribution in [-0.4, -0.2) is 20.9 Å². The van der Waals surface area contributed by atoms with Gasteiger partial charge in [-0.1, -0.05) is 18.2 Å². The van der Waals surface area contributed by atoms with Crippen molar-refractivity contribution in [2.75, 3.05) is 0 Å². The van der Waals surface area contributed by atoms with E-state index >= 15 is 0 Å². The molecule has 0 bridgehead atoms. The van der Waals surface area contributed by atoms with Crippen LogP contribution in [0.25, 0.3) is 10.9 Å². The zero-order valence-electron chi connectivity index (χ0n) is 10.7. The first kappa shape index (κ1) is 14.0. The topological polar surface area (TPSA) is 55.1 Å². The first-order valence-corrected chi connectivity index (χ1v) is 7.25. The van der Waals surface area contributed by atoms with Gasteiger partial charge in [0.1, 0.15) is 5.82 Å². The summed E-state index contributed by atoms with van der Waals surface area (Å²) >= 11 is 2.17. The van der Waals surface area contributed by atoms with Crippen molar-refractivity contribution in [2.24, 2.45) is 0 Å². The molecule has 0 spiro atoms. The van der Waals surface area contributed by atoms with Crippen molar-refractivity contribution in [2.45, 2.75) is 6.04 Å². The van der Waals surface area contributed by atoms with Crippen LogP contribution in [0.1, 0.15) is 11.6 Å².